The number of benzene rings is 7. The Kier molecular flexibility index (Phi) is 7.63. The predicted octanol–water partition coefficient (Wildman–Crippen LogP) is 12.8. The van der Waals surface area contributed by atoms with Crippen LogP contribution in [0.4, 0.5) is 0 Å². The highest BCUT2D eigenvalue weighted by molar-refractivity contribution is 6.16. The maximum absolute atomic E-state index is 10.2. The van der Waals surface area contributed by atoms with Crippen molar-refractivity contribution in [3.63, 3.8) is 0 Å². The predicted molar refractivity (Wildman–Crippen MR) is 230 cm³/mol. The Morgan fingerprint density at radius 1 is 0.589 bits per heavy atom. The highest BCUT2D eigenvalue weighted by atomic mass is 15.0. The Bertz CT molecular complexity index is 3190. The summed E-state index contributed by atoms with van der Waals surface area (Å²) >= 11 is 0. The van der Waals surface area contributed by atoms with E-state index in [9.17, 15) is 10.5 Å². The van der Waals surface area contributed by atoms with Crippen LogP contribution in [0.3, 0.4) is 0 Å². The molecule has 0 bridgehead atoms. The molecule has 0 fully saturated rings. The van der Waals surface area contributed by atoms with Crippen molar-refractivity contribution < 1.29 is 0 Å². The lowest BCUT2D eigenvalue weighted by molar-refractivity contribution is 0.528. The van der Waals surface area contributed by atoms with E-state index in [4.69, 9.17) is 0 Å². The Balaban J connectivity index is 1.23. The molecule has 264 valence electrons. The normalized spacial score (nSPS) is 16.5. The van der Waals surface area contributed by atoms with E-state index in [2.05, 4.69) is 175 Å². The van der Waals surface area contributed by atoms with Crippen molar-refractivity contribution in [2.24, 2.45) is 0 Å². The Labute approximate surface area is 325 Å². The van der Waals surface area contributed by atoms with Crippen LogP contribution >= 0.6 is 0 Å². The highest BCUT2D eigenvalue weighted by Crippen LogP contribution is 2.50. The lowest BCUT2D eigenvalue weighted by Crippen LogP contribution is -2.29. The fourth-order valence-corrected chi connectivity index (χ4v) is 9.29. The fraction of sp³-hybridized carbons (Fsp3) is 0.0769. The summed E-state index contributed by atoms with van der Waals surface area (Å²) in [5, 5.41) is 24.5. The molecule has 1 aliphatic carbocycles. The van der Waals surface area contributed by atoms with Gasteiger partial charge in [-0.25, -0.2) is 0 Å². The van der Waals surface area contributed by atoms with Gasteiger partial charge < -0.3 is 9.13 Å². The van der Waals surface area contributed by atoms with Crippen LogP contribution < -0.4 is 0 Å². The van der Waals surface area contributed by atoms with E-state index >= 15 is 0 Å². The fourth-order valence-electron chi connectivity index (χ4n) is 9.29. The zero-order valence-corrected chi connectivity index (χ0v) is 31.1. The van der Waals surface area contributed by atoms with Gasteiger partial charge in [-0.3, -0.25) is 0 Å². The third-order valence-corrected chi connectivity index (χ3v) is 11.8. The van der Waals surface area contributed by atoms with Crippen LogP contribution in [-0.2, 0) is 5.41 Å². The first-order chi connectivity index (χ1) is 27.5. The van der Waals surface area contributed by atoms with Crippen LogP contribution in [0.1, 0.15) is 40.7 Å². The van der Waals surface area contributed by atoms with Gasteiger partial charge in [0, 0.05) is 38.6 Å². The molecule has 1 aliphatic rings. The number of hydrogen-bond donors (Lipinski definition) is 0. The molecule has 10 rings (SSSR count). The van der Waals surface area contributed by atoms with Gasteiger partial charge in [-0.1, -0.05) is 128 Å². The van der Waals surface area contributed by atoms with Crippen molar-refractivity contribution in [1.29, 1.82) is 10.5 Å². The van der Waals surface area contributed by atoms with Crippen LogP contribution in [-0.4, -0.2) is 9.13 Å². The highest BCUT2D eigenvalue weighted by Gasteiger charge is 2.38. The maximum atomic E-state index is 10.2. The minimum absolute atomic E-state index is 0.0101. The molecule has 4 nitrogen and oxygen atoms in total. The lowest BCUT2D eigenvalue weighted by Gasteiger charge is -2.38. The van der Waals surface area contributed by atoms with E-state index in [1.807, 2.05) is 36.4 Å². The molecule has 56 heavy (non-hydrogen) atoms. The molecule has 2 aromatic heterocycles. The van der Waals surface area contributed by atoms with Gasteiger partial charge in [-0.05, 0) is 89.8 Å². The number of aromatic nitrogens is 2. The molecule has 0 N–H and O–H groups in total. The summed E-state index contributed by atoms with van der Waals surface area (Å²) in [5.74, 6) is -0.0101. The van der Waals surface area contributed by atoms with Gasteiger partial charge >= 0.3 is 0 Å². The summed E-state index contributed by atoms with van der Waals surface area (Å²) < 4.78 is 4.63. The first-order valence-electron chi connectivity index (χ1n) is 19.0. The van der Waals surface area contributed by atoms with Gasteiger partial charge in [0.2, 0.25) is 0 Å². The van der Waals surface area contributed by atoms with E-state index in [1.54, 1.807) is 0 Å². The molecular weight excluding hydrogens is 681 g/mol. The van der Waals surface area contributed by atoms with Crippen molar-refractivity contribution in [3.05, 3.63) is 204 Å². The molecule has 0 radical (unpaired) electrons. The Morgan fingerprint density at radius 3 is 2.16 bits per heavy atom. The topological polar surface area (TPSA) is 57.4 Å². The van der Waals surface area contributed by atoms with Crippen LogP contribution in [0.25, 0.3) is 66.1 Å². The number of allylic oxidation sites excluding steroid dienone is 4. The SMILES string of the molecule is Cc1ccc2c(c1)c1c(-c3ccccc3C3(C)C=CC=CC3c3cccc4c5ccccc5n(-c5ccc(C#N)cc5)c34)cccc1n2-c1ccccc1C#N. The minimum atomic E-state index is -0.435. The largest absolute Gasteiger partial charge is 0.309 e. The van der Waals surface area contributed by atoms with Crippen LogP contribution in [0, 0.1) is 29.6 Å². The minimum Gasteiger partial charge on any atom is -0.309 e. The van der Waals surface area contributed by atoms with E-state index < -0.39 is 5.41 Å². The van der Waals surface area contributed by atoms with Crippen molar-refractivity contribution in [1.82, 2.24) is 9.13 Å². The zero-order valence-electron chi connectivity index (χ0n) is 31.1. The number of aryl methyl sites for hydroxylation is 1. The first-order valence-corrected chi connectivity index (χ1v) is 19.0. The van der Waals surface area contributed by atoms with E-state index in [-0.39, 0.29) is 5.92 Å². The van der Waals surface area contributed by atoms with E-state index in [0.717, 1.165) is 38.9 Å². The van der Waals surface area contributed by atoms with Crippen molar-refractivity contribution in [2.45, 2.75) is 25.2 Å². The molecule has 0 aliphatic heterocycles. The summed E-state index contributed by atoms with van der Waals surface area (Å²) in [6.45, 7) is 4.52. The molecule has 0 saturated carbocycles. The number of para-hydroxylation sites is 3. The molecule has 7 aromatic carbocycles. The monoisotopic (exact) mass is 716 g/mol. The summed E-state index contributed by atoms with van der Waals surface area (Å²) in [6, 6.07) is 57.9. The third kappa shape index (κ3) is 4.90. The molecule has 2 heterocycles. The van der Waals surface area contributed by atoms with Crippen LogP contribution in [0.15, 0.2) is 176 Å². The van der Waals surface area contributed by atoms with Gasteiger partial charge in [-0.15, -0.1) is 0 Å². The Morgan fingerprint density at radius 2 is 1.30 bits per heavy atom. The molecule has 9 aromatic rings. The van der Waals surface area contributed by atoms with Gasteiger partial charge in [-0.2, -0.15) is 10.5 Å². The molecule has 2 unspecified atom stereocenters. The molecule has 0 spiro atoms. The molecule has 0 saturated heterocycles. The molecule has 2 atom stereocenters. The first kappa shape index (κ1) is 33.2. The second kappa shape index (κ2) is 12.9. The van der Waals surface area contributed by atoms with Gasteiger partial charge in [0.05, 0.1) is 45.0 Å². The summed E-state index contributed by atoms with van der Waals surface area (Å²) in [7, 11) is 0. The molecular formula is C52H36N4. The summed E-state index contributed by atoms with van der Waals surface area (Å²) in [6.07, 6.45) is 9.12. The maximum Gasteiger partial charge on any atom is 0.101 e. The van der Waals surface area contributed by atoms with Crippen molar-refractivity contribution in [3.8, 4) is 34.6 Å². The van der Waals surface area contributed by atoms with E-state index in [1.165, 1.54) is 43.9 Å². The van der Waals surface area contributed by atoms with E-state index in [0.29, 0.717) is 11.1 Å². The van der Waals surface area contributed by atoms with Gasteiger partial charge in [0.15, 0.2) is 0 Å². The number of rotatable bonds is 5. The smallest absolute Gasteiger partial charge is 0.101 e. The second-order valence-electron chi connectivity index (χ2n) is 15.0. The zero-order chi connectivity index (χ0) is 38.0. The lowest BCUT2D eigenvalue weighted by atomic mass is 9.65. The van der Waals surface area contributed by atoms with Gasteiger partial charge in [0.25, 0.3) is 0 Å². The van der Waals surface area contributed by atoms with Crippen LogP contribution in [0.5, 0.6) is 0 Å². The second-order valence-corrected chi connectivity index (χ2v) is 15.0. The molecule has 0 amide bonds. The van der Waals surface area contributed by atoms with Crippen LogP contribution in [0.2, 0.25) is 0 Å². The standard InChI is InChI=1S/C52H36N4/c1-34-24-29-48-43(31-34)50-40(16-12-23-49(50)56(48)46-21-7-3-13-36(46)33-54)38-14-4-6-19-44(38)52(2)30-10-9-20-45(52)42-18-11-17-41-39-15-5-8-22-47(39)55(51(41)42)37-27-25-35(32-53)26-28-37/h3-31,45H,1-2H3. The average molecular weight is 717 g/mol. The molecule has 4 heteroatoms. The number of hydrogen-bond acceptors (Lipinski definition) is 2. The number of nitriles is 2. The Hall–Kier alpha value is -7.40. The number of fused-ring (bicyclic) bond motifs is 6. The summed E-state index contributed by atoms with van der Waals surface area (Å²) in [4.78, 5) is 0. The number of nitrogens with zero attached hydrogens (tertiary/aromatic N) is 4. The van der Waals surface area contributed by atoms with Gasteiger partial charge in [0.1, 0.15) is 6.07 Å². The van der Waals surface area contributed by atoms with Crippen molar-refractivity contribution >= 4 is 43.6 Å². The average Bonchev–Trinajstić information content (AvgIpc) is 3.76. The summed E-state index contributed by atoms with van der Waals surface area (Å²) in [5.41, 5.74) is 13.2. The van der Waals surface area contributed by atoms with Crippen molar-refractivity contribution in [2.75, 3.05) is 0 Å². The third-order valence-electron chi connectivity index (χ3n) is 11.8. The quantitative estimate of drug-likeness (QED) is 0.178.